The van der Waals surface area contributed by atoms with Crippen LogP contribution in [0.1, 0.15) is 18.0 Å². The van der Waals surface area contributed by atoms with Crippen molar-refractivity contribution in [2.24, 2.45) is 0 Å². The van der Waals surface area contributed by atoms with Crippen molar-refractivity contribution in [3.05, 3.63) is 29.6 Å². The number of benzene rings is 1. The Kier molecular flexibility index (Phi) is 5.25. The first kappa shape index (κ1) is 15.1. The predicted octanol–water partition coefficient (Wildman–Crippen LogP) is 2.44. The molecule has 20 heavy (non-hydrogen) atoms. The number of ether oxygens (including phenoxy) is 1. The van der Waals surface area contributed by atoms with Crippen LogP contribution in [0.4, 0.5) is 13.2 Å². The molecule has 1 heterocycles. The molecule has 1 fully saturated rings. The molecule has 112 valence electrons. The molecular formula is C14H19F3N2O. The van der Waals surface area contributed by atoms with Crippen LogP contribution in [0.2, 0.25) is 0 Å². The Labute approximate surface area is 116 Å². The number of nitrogens with zero attached hydrogens (tertiary/aromatic N) is 1. The largest absolute Gasteiger partial charge is 0.494 e. The van der Waals surface area contributed by atoms with Crippen LogP contribution in [0.3, 0.4) is 0 Å². The minimum atomic E-state index is -2.47. The lowest BCUT2D eigenvalue weighted by atomic mass is 10.00. The topological polar surface area (TPSA) is 24.5 Å². The van der Waals surface area contributed by atoms with E-state index in [4.69, 9.17) is 4.74 Å². The van der Waals surface area contributed by atoms with Crippen LogP contribution < -0.4 is 10.1 Å². The van der Waals surface area contributed by atoms with Crippen LogP contribution >= 0.6 is 0 Å². The van der Waals surface area contributed by atoms with Crippen LogP contribution in [0.25, 0.3) is 0 Å². The van der Waals surface area contributed by atoms with Gasteiger partial charge < -0.3 is 10.1 Å². The van der Waals surface area contributed by atoms with Gasteiger partial charge in [-0.3, -0.25) is 4.90 Å². The highest BCUT2D eigenvalue weighted by Gasteiger charge is 2.28. The highest BCUT2D eigenvalue weighted by Crippen LogP contribution is 2.32. The Hall–Kier alpha value is -1.27. The molecule has 0 saturated carbocycles. The van der Waals surface area contributed by atoms with Gasteiger partial charge in [-0.15, -0.1) is 0 Å². The maximum absolute atomic E-state index is 14.3. The third-order valence-corrected chi connectivity index (χ3v) is 3.57. The van der Waals surface area contributed by atoms with E-state index in [9.17, 15) is 13.2 Å². The number of halogens is 3. The number of alkyl halides is 2. The van der Waals surface area contributed by atoms with Crippen molar-refractivity contribution in [1.29, 1.82) is 0 Å². The second-order valence-corrected chi connectivity index (χ2v) is 4.79. The number of rotatable bonds is 5. The van der Waals surface area contributed by atoms with Gasteiger partial charge in [0.1, 0.15) is 0 Å². The van der Waals surface area contributed by atoms with E-state index in [1.54, 1.807) is 12.1 Å². The van der Waals surface area contributed by atoms with Gasteiger partial charge >= 0.3 is 0 Å². The molecule has 1 saturated heterocycles. The van der Waals surface area contributed by atoms with Gasteiger partial charge in [-0.25, -0.2) is 13.2 Å². The molecule has 1 aliphatic heterocycles. The molecule has 2 rings (SSSR count). The smallest absolute Gasteiger partial charge is 0.240 e. The third-order valence-electron chi connectivity index (χ3n) is 3.57. The van der Waals surface area contributed by atoms with Gasteiger partial charge in [0.25, 0.3) is 0 Å². The zero-order valence-electron chi connectivity index (χ0n) is 11.4. The van der Waals surface area contributed by atoms with Gasteiger partial charge in [-0.2, -0.15) is 0 Å². The summed E-state index contributed by atoms with van der Waals surface area (Å²) in [6, 6.07) is 4.08. The fourth-order valence-corrected chi connectivity index (χ4v) is 2.58. The number of hydrogen-bond acceptors (Lipinski definition) is 3. The van der Waals surface area contributed by atoms with E-state index in [0.717, 1.165) is 13.1 Å². The van der Waals surface area contributed by atoms with E-state index in [2.05, 4.69) is 5.32 Å². The van der Waals surface area contributed by atoms with Crippen molar-refractivity contribution in [2.45, 2.75) is 18.9 Å². The molecule has 1 aliphatic rings. The quantitative estimate of drug-likeness (QED) is 0.900. The lowest BCUT2D eigenvalue weighted by Gasteiger charge is -2.35. The Morgan fingerprint density at radius 2 is 2.00 bits per heavy atom. The Balaban J connectivity index is 2.30. The van der Waals surface area contributed by atoms with Crippen molar-refractivity contribution in [1.82, 2.24) is 10.2 Å². The molecule has 0 aliphatic carbocycles. The van der Waals surface area contributed by atoms with Crippen LogP contribution in [-0.2, 0) is 0 Å². The molecule has 1 atom stereocenters. The molecule has 0 aromatic heterocycles. The van der Waals surface area contributed by atoms with Gasteiger partial charge in [0.05, 0.1) is 7.11 Å². The summed E-state index contributed by atoms with van der Waals surface area (Å²) in [5.74, 6) is -0.448. The van der Waals surface area contributed by atoms with Crippen LogP contribution in [0.15, 0.2) is 18.2 Å². The number of methoxy groups -OCH3 is 1. The Morgan fingerprint density at radius 3 is 2.60 bits per heavy atom. The minimum Gasteiger partial charge on any atom is -0.494 e. The highest BCUT2D eigenvalue weighted by molar-refractivity contribution is 5.33. The van der Waals surface area contributed by atoms with Gasteiger partial charge in [0, 0.05) is 44.2 Å². The van der Waals surface area contributed by atoms with Gasteiger partial charge in [-0.1, -0.05) is 12.1 Å². The van der Waals surface area contributed by atoms with Gasteiger partial charge in [0.2, 0.25) is 6.43 Å². The molecule has 0 spiro atoms. The standard InChI is InChI=1S/C14H19F3N2O/c1-20-12-4-2-3-10(14(12)17)11(9-13(15)16)19-7-5-18-6-8-19/h2-4,11,13,18H,5-9H2,1H3/t11-/m1/s1. The number of piperazine rings is 1. The first-order valence-corrected chi connectivity index (χ1v) is 6.68. The van der Waals surface area contributed by atoms with Gasteiger partial charge in [-0.05, 0) is 6.07 Å². The predicted molar refractivity (Wildman–Crippen MR) is 70.8 cm³/mol. The summed E-state index contributed by atoms with van der Waals surface area (Å²) in [5, 5.41) is 3.16. The minimum absolute atomic E-state index is 0.0944. The van der Waals surface area contributed by atoms with E-state index in [0.29, 0.717) is 13.1 Å². The van der Waals surface area contributed by atoms with Crippen molar-refractivity contribution < 1.29 is 17.9 Å². The summed E-state index contributed by atoms with van der Waals surface area (Å²) in [6.45, 7) is 2.72. The van der Waals surface area contributed by atoms with Crippen molar-refractivity contribution in [3.63, 3.8) is 0 Å². The fourth-order valence-electron chi connectivity index (χ4n) is 2.58. The molecule has 1 N–H and O–H groups in total. The van der Waals surface area contributed by atoms with Crippen molar-refractivity contribution >= 4 is 0 Å². The number of hydrogen-bond donors (Lipinski definition) is 1. The SMILES string of the molecule is COc1cccc([C@@H](CC(F)F)N2CCNCC2)c1F. The zero-order valence-corrected chi connectivity index (χ0v) is 11.4. The van der Waals surface area contributed by atoms with E-state index < -0.39 is 18.3 Å². The molecule has 3 nitrogen and oxygen atoms in total. The Morgan fingerprint density at radius 1 is 1.30 bits per heavy atom. The van der Waals surface area contributed by atoms with E-state index in [1.807, 2.05) is 4.90 Å². The first-order chi connectivity index (χ1) is 9.63. The van der Waals surface area contributed by atoms with Crippen LogP contribution in [-0.4, -0.2) is 44.6 Å². The molecule has 0 unspecified atom stereocenters. The van der Waals surface area contributed by atoms with Crippen LogP contribution in [0, 0.1) is 5.82 Å². The third kappa shape index (κ3) is 3.43. The average Bonchev–Trinajstić information content (AvgIpc) is 2.46. The summed E-state index contributed by atoms with van der Waals surface area (Å²) in [5.41, 5.74) is 0.284. The lowest BCUT2D eigenvalue weighted by molar-refractivity contribution is 0.0723. The molecule has 1 aromatic rings. The second kappa shape index (κ2) is 6.95. The summed E-state index contributed by atoms with van der Waals surface area (Å²) in [7, 11) is 1.37. The molecule has 1 aromatic carbocycles. The maximum Gasteiger partial charge on any atom is 0.240 e. The lowest BCUT2D eigenvalue weighted by Crippen LogP contribution is -2.45. The van der Waals surface area contributed by atoms with E-state index >= 15 is 0 Å². The molecule has 0 radical (unpaired) electrons. The molecular weight excluding hydrogens is 269 g/mol. The highest BCUT2D eigenvalue weighted by atomic mass is 19.3. The van der Waals surface area contributed by atoms with E-state index in [-0.39, 0.29) is 17.7 Å². The summed E-state index contributed by atoms with van der Waals surface area (Å²) < 4.78 is 44.9. The summed E-state index contributed by atoms with van der Waals surface area (Å²) in [4.78, 5) is 1.90. The average molecular weight is 288 g/mol. The van der Waals surface area contributed by atoms with E-state index in [1.165, 1.54) is 13.2 Å². The van der Waals surface area contributed by atoms with Crippen molar-refractivity contribution in [3.8, 4) is 5.75 Å². The summed E-state index contributed by atoms with van der Waals surface area (Å²) >= 11 is 0. The first-order valence-electron chi connectivity index (χ1n) is 6.68. The van der Waals surface area contributed by atoms with Gasteiger partial charge in [0.15, 0.2) is 11.6 Å². The second-order valence-electron chi connectivity index (χ2n) is 4.79. The zero-order chi connectivity index (χ0) is 14.5. The molecule has 6 heteroatoms. The monoisotopic (exact) mass is 288 g/mol. The summed E-state index contributed by atoms with van der Waals surface area (Å²) in [6.07, 6.45) is -2.84. The number of nitrogens with one attached hydrogen (secondary N) is 1. The molecule has 0 amide bonds. The normalized spacial score (nSPS) is 18.2. The Bertz CT molecular complexity index is 436. The van der Waals surface area contributed by atoms with Crippen LogP contribution in [0.5, 0.6) is 5.75 Å². The maximum atomic E-state index is 14.3. The fraction of sp³-hybridized carbons (Fsp3) is 0.571. The molecule has 0 bridgehead atoms. The van der Waals surface area contributed by atoms with Crippen molar-refractivity contribution in [2.75, 3.05) is 33.3 Å².